The van der Waals surface area contributed by atoms with Crippen molar-refractivity contribution in [2.75, 3.05) is 14.2 Å². The molecule has 4 rings (SSSR count). The number of ether oxygens (including phenoxy) is 1. The lowest BCUT2D eigenvalue weighted by Gasteiger charge is -2.32. The van der Waals surface area contributed by atoms with Gasteiger partial charge < -0.3 is 14.2 Å². The van der Waals surface area contributed by atoms with E-state index in [1.165, 1.54) is 0 Å². The van der Waals surface area contributed by atoms with Crippen LogP contribution in [0.25, 0.3) is 21.7 Å². The van der Waals surface area contributed by atoms with Gasteiger partial charge >= 0.3 is 0 Å². The molecule has 1 aliphatic heterocycles. The van der Waals surface area contributed by atoms with Crippen LogP contribution in [0.15, 0.2) is 35.7 Å². The molecule has 3 heterocycles. The van der Waals surface area contributed by atoms with Gasteiger partial charge in [-0.05, 0) is 62.4 Å². The highest BCUT2D eigenvalue weighted by atomic mass is 32.1. The second kappa shape index (κ2) is 7.33. The molecule has 0 saturated carbocycles. The second-order valence-electron chi connectivity index (χ2n) is 8.53. The molecule has 0 bridgehead atoms. The number of methoxy groups -OCH3 is 1. The summed E-state index contributed by atoms with van der Waals surface area (Å²) in [4.78, 5) is 16.3. The molecule has 2 aromatic heterocycles. The summed E-state index contributed by atoms with van der Waals surface area (Å²) in [5.41, 5.74) is 5.08. The van der Waals surface area contributed by atoms with Crippen LogP contribution in [-0.2, 0) is 13.0 Å². The first-order valence-electron chi connectivity index (χ1n) is 9.93. The van der Waals surface area contributed by atoms with Gasteiger partial charge in [-0.15, -0.1) is 11.3 Å². The number of rotatable bonds is 3. The maximum absolute atomic E-state index is 13.4. The van der Waals surface area contributed by atoms with Gasteiger partial charge in [0.1, 0.15) is 17.5 Å². The molecule has 0 radical (unpaired) electrons. The Labute approximate surface area is 181 Å². The van der Waals surface area contributed by atoms with E-state index in [1.54, 1.807) is 23.3 Å². The molecule has 0 unspecified atom stereocenters. The van der Waals surface area contributed by atoms with Gasteiger partial charge in [0.25, 0.3) is 5.91 Å². The van der Waals surface area contributed by atoms with Gasteiger partial charge in [-0.3, -0.25) is 4.79 Å². The summed E-state index contributed by atoms with van der Waals surface area (Å²) < 4.78 is 7.54. The molecule has 30 heavy (non-hydrogen) atoms. The first kappa shape index (κ1) is 20.2. The number of thiophene rings is 1. The number of hydrogen-bond donors (Lipinski definition) is 0. The van der Waals surface area contributed by atoms with E-state index in [1.807, 2.05) is 57.5 Å². The third-order valence-corrected chi connectivity index (χ3v) is 6.72. The van der Waals surface area contributed by atoms with E-state index < -0.39 is 0 Å². The molecule has 1 aromatic carbocycles. The van der Waals surface area contributed by atoms with Crippen LogP contribution in [0.5, 0.6) is 5.75 Å². The number of aromatic nitrogens is 1. The zero-order valence-corrected chi connectivity index (χ0v) is 18.8. The summed E-state index contributed by atoms with van der Waals surface area (Å²) in [5, 5.41) is 11.7. The summed E-state index contributed by atoms with van der Waals surface area (Å²) in [6.45, 7) is 6.81. The SMILES string of the molecule is COc1cc2c(cc1C#N)-c1c(-c3cccs3)cc(C(=O)N(C)C(C)(C)C)n1CC2. The van der Waals surface area contributed by atoms with Crippen LogP contribution in [0.2, 0.25) is 0 Å². The zero-order chi connectivity index (χ0) is 21.6. The molecule has 0 saturated heterocycles. The molecule has 0 spiro atoms. The number of fused-ring (bicyclic) bond motifs is 3. The van der Waals surface area contributed by atoms with Gasteiger partial charge in [-0.2, -0.15) is 5.26 Å². The van der Waals surface area contributed by atoms with E-state index in [-0.39, 0.29) is 11.4 Å². The Morgan fingerprint density at radius 2 is 2.03 bits per heavy atom. The van der Waals surface area contributed by atoms with Crippen molar-refractivity contribution >= 4 is 17.2 Å². The quantitative estimate of drug-likeness (QED) is 0.587. The Balaban J connectivity index is 1.97. The molecule has 6 heteroatoms. The first-order chi connectivity index (χ1) is 14.3. The highest BCUT2D eigenvalue weighted by Crippen LogP contribution is 2.43. The number of nitrogens with zero attached hydrogens (tertiary/aromatic N) is 3. The molecule has 5 nitrogen and oxygen atoms in total. The van der Waals surface area contributed by atoms with Crippen LogP contribution >= 0.6 is 11.3 Å². The molecular weight excluding hydrogens is 394 g/mol. The molecule has 154 valence electrons. The molecular formula is C24H25N3O2S. The topological polar surface area (TPSA) is 58.3 Å². The van der Waals surface area contributed by atoms with Crippen molar-refractivity contribution in [3.05, 3.63) is 52.5 Å². The predicted molar refractivity (Wildman–Crippen MR) is 120 cm³/mol. The molecule has 0 atom stereocenters. The molecule has 1 aliphatic rings. The number of carbonyl (C=O) groups is 1. The Bertz CT molecular complexity index is 1160. The largest absolute Gasteiger partial charge is 0.495 e. The van der Waals surface area contributed by atoms with Crippen LogP contribution in [-0.4, -0.2) is 35.1 Å². The summed E-state index contributed by atoms with van der Waals surface area (Å²) in [5.74, 6) is 0.599. The average molecular weight is 420 g/mol. The van der Waals surface area contributed by atoms with Gasteiger partial charge in [0.05, 0.1) is 18.4 Å². The van der Waals surface area contributed by atoms with Crippen molar-refractivity contribution in [2.45, 2.75) is 39.3 Å². The fourth-order valence-electron chi connectivity index (χ4n) is 3.88. The number of benzene rings is 1. The van der Waals surface area contributed by atoms with Gasteiger partial charge in [-0.25, -0.2) is 0 Å². The van der Waals surface area contributed by atoms with E-state index >= 15 is 0 Å². The molecule has 0 fully saturated rings. The van der Waals surface area contributed by atoms with Crippen molar-refractivity contribution in [1.82, 2.24) is 9.47 Å². The third kappa shape index (κ3) is 3.20. The van der Waals surface area contributed by atoms with Gasteiger partial charge in [0.15, 0.2) is 0 Å². The van der Waals surface area contributed by atoms with Crippen LogP contribution in [0.3, 0.4) is 0 Å². The van der Waals surface area contributed by atoms with E-state index in [9.17, 15) is 10.1 Å². The van der Waals surface area contributed by atoms with E-state index in [0.29, 0.717) is 23.6 Å². The summed E-state index contributed by atoms with van der Waals surface area (Å²) in [7, 11) is 3.44. The van der Waals surface area contributed by atoms with Gasteiger partial charge in [0.2, 0.25) is 0 Å². The van der Waals surface area contributed by atoms with Crippen molar-refractivity contribution in [1.29, 1.82) is 5.26 Å². The average Bonchev–Trinajstić information content (AvgIpc) is 3.38. The van der Waals surface area contributed by atoms with Crippen molar-refractivity contribution in [3.63, 3.8) is 0 Å². The smallest absolute Gasteiger partial charge is 0.270 e. The lowest BCUT2D eigenvalue weighted by Crippen LogP contribution is -2.43. The minimum Gasteiger partial charge on any atom is -0.495 e. The Hall–Kier alpha value is -3.04. The van der Waals surface area contributed by atoms with E-state index in [4.69, 9.17) is 4.74 Å². The maximum Gasteiger partial charge on any atom is 0.270 e. The van der Waals surface area contributed by atoms with Crippen LogP contribution in [0, 0.1) is 11.3 Å². The standard InChI is InChI=1S/C24H25N3O2S/c1-24(2,3)26(4)23(28)19-13-18(21-7-6-10-30-21)22-17-11-16(14-25)20(29-5)12-15(17)8-9-27(19)22/h6-7,10-13H,8-9H2,1-5H3. The van der Waals surface area contributed by atoms with E-state index in [0.717, 1.165) is 33.7 Å². The summed E-state index contributed by atoms with van der Waals surface area (Å²) in [6.07, 6.45) is 0.780. The summed E-state index contributed by atoms with van der Waals surface area (Å²) >= 11 is 1.65. The second-order valence-corrected chi connectivity index (χ2v) is 9.47. The van der Waals surface area contributed by atoms with Crippen LogP contribution in [0.4, 0.5) is 0 Å². The number of nitriles is 1. The molecule has 0 aliphatic carbocycles. The molecule has 0 N–H and O–H groups in total. The highest BCUT2D eigenvalue weighted by molar-refractivity contribution is 7.13. The van der Waals surface area contributed by atoms with Crippen molar-refractivity contribution in [2.24, 2.45) is 0 Å². The third-order valence-electron chi connectivity index (χ3n) is 5.82. The number of amides is 1. The minimum absolute atomic E-state index is 0.00373. The lowest BCUT2D eigenvalue weighted by atomic mass is 9.93. The minimum atomic E-state index is -0.279. The number of aryl methyl sites for hydroxylation is 1. The molecule has 3 aromatic rings. The molecule has 1 amide bonds. The maximum atomic E-state index is 13.4. The van der Waals surface area contributed by atoms with Crippen LogP contribution < -0.4 is 4.74 Å². The highest BCUT2D eigenvalue weighted by Gasteiger charge is 2.31. The number of hydrogen-bond acceptors (Lipinski definition) is 4. The fourth-order valence-corrected chi connectivity index (χ4v) is 4.63. The number of carbonyl (C=O) groups excluding carboxylic acids is 1. The van der Waals surface area contributed by atoms with Gasteiger partial charge in [-0.1, -0.05) is 6.07 Å². The van der Waals surface area contributed by atoms with Crippen LogP contribution in [0.1, 0.15) is 42.4 Å². The van der Waals surface area contributed by atoms with E-state index in [2.05, 4.69) is 16.7 Å². The Morgan fingerprint density at radius 1 is 1.27 bits per heavy atom. The lowest BCUT2D eigenvalue weighted by molar-refractivity contribution is 0.0644. The van der Waals surface area contributed by atoms with Crippen molar-refractivity contribution < 1.29 is 9.53 Å². The fraction of sp³-hybridized carbons (Fsp3) is 0.333. The normalized spacial score (nSPS) is 12.7. The Kier molecular flexibility index (Phi) is 4.95. The summed E-state index contributed by atoms with van der Waals surface area (Å²) in [6, 6.07) is 12.2. The van der Waals surface area contributed by atoms with Crippen molar-refractivity contribution in [3.8, 4) is 33.5 Å². The van der Waals surface area contributed by atoms with Gasteiger partial charge in [0, 0.05) is 35.1 Å². The monoisotopic (exact) mass is 419 g/mol. The zero-order valence-electron chi connectivity index (χ0n) is 17.9. The first-order valence-corrected chi connectivity index (χ1v) is 10.8. The Morgan fingerprint density at radius 3 is 2.63 bits per heavy atom. The predicted octanol–water partition coefficient (Wildman–Crippen LogP) is 5.19.